The van der Waals surface area contributed by atoms with Crippen LogP contribution < -0.4 is 5.32 Å². The number of carbonyl (C=O) groups excluding carboxylic acids is 1. The van der Waals surface area contributed by atoms with Crippen LogP contribution in [0.25, 0.3) is 0 Å². The Labute approximate surface area is 75.6 Å². The van der Waals surface area contributed by atoms with E-state index in [4.69, 9.17) is 0 Å². The number of hydrogen-bond donors (Lipinski definition) is 1. The molecule has 0 aliphatic rings. The molecule has 1 atom stereocenters. The van der Waals surface area contributed by atoms with Crippen molar-refractivity contribution in [1.29, 1.82) is 0 Å². The first kappa shape index (κ1) is 10.9. The fourth-order valence-electron chi connectivity index (χ4n) is 0.550. The molecule has 0 rings (SSSR count). The van der Waals surface area contributed by atoms with Gasteiger partial charge in [0, 0.05) is 12.6 Å². The third-order valence-corrected chi connectivity index (χ3v) is 1.86. The first-order valence-electron chi connectivity index (χ1n) is 3.53. The molecule has 4 heteroatoms. The summed E-state index contributed by atoms with van der Waals surface area (Å²) in [7, 11) is 1.38. The van der Waals surface area contributed by atoms with Gasteiger partial charge in [-0.1, -0.05) is 29.8 Å². The van der Waals surface area contributed by atoms with E-state index in [1.165, 1.54) is 7.11 Å². The molecule has 0 saturated heterocycles. The molecule has 0 aromatic carbocycles. The van der Waals surface area contributed by atoms with Crippen LogP contribution in [0, 0.1) is 0 Å². The zero-order valence-corrected chi connectivity index (χ0v) is 8.64. The molecule has 0 aliphatic heterocycles. The molecule has 0 aliphatic carbocycles. The Bertz CT molecular complexity index is 128. The quantitative estimate of drug-likeness (QED) is 0.570. The van der Waals surface area contributed by atoms with Gasteiger partial charge in [0.2, 0.25) is 0 Å². The van der Waals surface area contributed by atoms with Gasteiger partial charge >= 0.3 is 5.97 Å². The third-order valence-electron chi connectivity index (χ3n) is 1.16. The minimum atomic E-state index is -0.241. The van der Waals surface area contributed by atoms with E-state index in [1.54, 1.807) is 0 Å². The van der Waals surface area contributed by atoms with E-state index >= 15 is 0 Å². The minimum Gasteiger partial charge on any atom is -0.468 e. The highest BCUT2D eigenvalue weighted by Gasteiger charge is 2.14. The number of hydrogen-bond acceptors (Lipinski definition) is 3. The van der Waals surface area contributed by atoms with Crippen LogP contribution in [-0.2, 0) is 9.53 Å². The lowest BCUT2D eigenvalue weighted by Crippen LogP contribution is -2.33. The summed E-state index contributed by atoms with van der Waals surface area (Å²) < 4.78 is 4.52. The van der Waals surface area contributed by atoms with Crippen LogP contribution in [0.15, 0.2) is 0 Å². The molecule has 0 saturated carbocycles. The van der Waals surface area contributed by atoms with Gasteiger partial charge in [0.1, 0.15) is 4.83 Å². The summed E-state index contributed by atoms with van der Waals surface area (Å²) in [6.45, 7) is 4.65. The lowest BCUT2D eigenvalue weighted by Gasteiger charge is -2.10. The van der Waals surface area contributed by atoms with Crippen molar-refractivity contribution in [2.45, 2.75) is 24.7 Å². The summed E-state index contributed by atoms with van der Waals surface area (Å²) >= 11 is 3.19. The molecule has 0 amide bonds. The molecule has 0 heterocycles. The molecular weight excluding hydrogens is 210 g/mol. The summed E-state index contributed by atoms with van der Waals surface area (Å²) in [4.78, 5) is 10.6. The fourth-order valence-corrected chi connectivity index (χ4v) is 0.924. The van der Waals surface area contributed by atoms with Crippen molar-refractivity contribution >= 4 is 21.9 Å². The first-order valence-corrected chi connectivity index (χ1v) is 4.44. The summed E-state index contributed by atoms with van der Waals surface area (Å²) in [5, 5.41) is 3.11. The Kier molecular flexibility index (Phi) is 5.50. The van der Waals surface area contributed by atoms with Crippen LogP contribution in [0.3, 0.4) is 0 Å². The predicted molar refractivity (Wildman–Crippen MR) is 47.9 cm³/mol. The van der Waals surface area contributed by atoms with Crippen molar-refractivity contribution in [2.24, 2.45) is 0 Å². The summed E-state index contributed by atoms with van der Waals surface area (Å²) in [5.41, 5.74) is 0. The van der Waals surface area contributed by atoms with Gasteiger partial charge in [0.05, 0.1) is 7.11 Å². The highest BCUT2D eigenvalue weighted by Crippen LogP contribution is 1.99. The van der Waals surface area contributed by atoms with Crippen LogP contribution in [0.5, 0.6) is 0 Å². The number of nitrogens with one attached hydrogen (secondary N) is 1. The summed E-state index contributed by atoms with van der Waals surface area (Å²) in [6.07, 6.45) is 0. The molecule has 0 fully saturated rings. The smallest absolute Gasteiger partial charge is 0.320 e. The molecule has 0 bridgehead atoms. The van der Waals surface area contributed by atoms with Crippen LogP contribution in [0.4, 0.5) is 0 Å². The normalized spacial score (nSPS) is 13.2. The van der Waals surface area contributed by atoms with E-state index in [0.29, 0.717) is 12.6 Å². The average molecular weight is 224 g/mol. The maximum atomic E-state index is 10.8. The second-order valence-electron chi connectivity index (χ2n) is 2.55. The number of rotatable bonds is 4. The van der Waals surface area contributed by atoms with Crippen LogP contribution in [-0.4, -0.2) is 30.5 Å². The minimum absolute atomic E-state index is 0.238. The van der Waals surface area contributed by atoms with Gasteiger partial charge in [-0.2, -0.15) is 0 Å². The van der Waals surface area contributed by atoms with Gasteiger partial charge in [-0.05, 0) is 0 Å². The van der Waals surface area contributed by atoms with Crippen molar-refractivity contribution in [3.05, 3.63) is 0 Å². The van der Waals surface area contributed by atoms with Gasteiger partial charge in [0.15, 0.2) is 0 Å². The summed E-state index contributed by atoms with van der Waals surface area (Å²) in [5.74, 6) is -0.238. The molecule has 66 valence electrons. The highest BCUT2D eigenvalue weighted by atomic mass is 79.9. The van der Waals surface area contributed by atoms with Gasteiger partial charge in [-0.15, -0.1) is 0 Å². The van der Waals surface area contributed by atoms with Gasteiger partial charge in [-0.3, -0.25) is 4.79 Å². The topological polar surface area (TPSA) is 38.3 Å². The van der Waals surface area contributed by atoms with Crippen LogP contribution >= 0.6 is 15.9 Å². The molecule has 1 N–H and O–H groups in total. The fraction of sp³-hybridized carbons (Fsp3) is 0.857. The standard InChI is InChI=1S/C7H14BrNO2/c1-5(2)9-4-6(8)7(10)11-3/h5-6,9H,4H2,1-3H3. The molecular formula is C7H14BrNO2. The number of alkyl halides is 1. The lowest BCUT2D eigenvalue weighted by atomic mass is 10.3. The third kappa shape index (κ3) is 5.21. The average Bonchev–Trinajstić information content (AvgIpc) is 1.98. The molecule has 11 heavy (non-hydrogen) atoms. The molecule has 0 aromatic heterocycles. The zero-order valence-electron chi connectivity index (χ0n) is 7.06. The SMILES string of the molecule is COC(=O)C(Br)CNC(C)C. The molecule has 0 aromatic rings. The van der Waals surface area contributed by atoms with E-state index in [9.17, 15) is 4.79 Å². The van der Waals surface area contributed by atoms with Crippen molar-refractivity contribution in [3.8, 4) is 0 Å². The predicted octanol–water partition coefficient (Wildman–Crippen LogP) is 0.921. The molecule has 3 nitrogen and oxygen atoms in total. The Morgan fingerprint density at radius 2 is 2.18 bits per heavy atom. The zero-order chi connectivity index (χ0) is 8.85. The van der Waals surface area contributed by atoms with Crippen LogP contribution in [0.1, 0.15) is 13.8 Å². The van der Waals surface area contributed by atoms with Crippen molar-refractivity contribution in [2.75, 3.05) is 13.7 Å². The molecule has 0 spiro atoms. The van der Waals surface area contributed by atoms with Crippen molar-refractivity contribution in [3.63, 3.8) is 0 Å². The largest absolute Gasteiger partial charge is 0.468 e. The number of esters is 1. The van der Waals surface area contributed by atoms with Crippen molar-refractivity contribution in [1.82, 2.24) is 5.32 Å². The second-order valence-corrected chi connectivity index (χ2v) is 3.66. The van der Waals surface area contributed by atoms with Crippen molar-refractivity contribution < 1.29 is 9.53 Å². The Balaban J connectivity index is 3.52. The van der Waals surface area contributed by atoms with E-state index in [1.807, 2.05) is 13.8 Å². The van der Waals surface area contributed by atoms with Gasteiger partial charge in [-0.25, -0.2) is 0 Å². The second kappa shape index (κ2) is 5.55. The number of methoxy groups -OCH3 is 1. The maximum absolute atomic E-state index is 10.8. The summed E-state index contributed by atoms with van der Waals surface area (Å²) in [6, 6.07) is 0.389. The number of ether oxygens (including phenoxy) is 1. The molecule has 0 radical (unpaired) electrons. The maximum Gasteiger partial charge on any atom is 0.320 e. The number of carbonyl (C=O) groups is 1. The molecule has 1 unspecified atom stereocenters. The van der Waals surface area contributed by atoms with Gasteiger partial charge in [0.25, 0.3) is 0 Å². The number of halogens is 1. The van der Waals surface area contributed by atoms with Crippen LogP contribution in [0.2, 0.25) is 0 Å². The van der Waals surface area contributed by atoms with E-state index < -0.39 is 0 Å². The Morgan fingerprint density at radius 3 is 2.55 bits per heavy atom. The van der Waals surface area contributed by atoms with E-state index in [-0.39, 0.29) is 10.8 Å². The highest BCUT2D eigenvalue weighted by molar-refractivity contribution is 9.10. The Hall–Kier alpha value is -0.0900. The van der Waals surface area contributed by atoms with E-state index in [2.05, 4.69) is 26.0 Å². The first-order chi connectivity index (χ1) is 5.07. The van der Waals surface area contributed by atoms with Gasteiger partial charge < -0.3 is 10.1 Å². The van der Waals surface area contributed by atoms with E-state index in [0.717, 1.165) is 0 Å². The monoisotopic (exact) mass is 223 g/mol. The lowest BCUT2D eigenvalue weighted by molar-refractivity contribution is -0.139. The Morgan fingerprint density at radius 1 is 1.64 bits per heavy atom.